The third-order valence-corrected chi connectivity index (χ3v) is 15.1. The Hall–Kier alpha value is -3.63. The number of hydrogen-bond acceptors (Lipinski definition) is 7. The lowest BCUT2D eigenvalue weighted by Crippen LogP contribution is -2.60. The van der Waals surface area contributed by atoms with Gasteiger partial charge >= 0.3 is 39.4 Å². The molecular weight excluding hydrogens is 729 g/mol. The quantitative estimate of drug-likeness (QED) is 0.134. The van der Waals surface area contributed by atoms with Crippen molar-refractivity contribution in [3.8, 4) is 0 Å². The highest BCUT2D eigenvalue weighted by molar-refractivity contribution is 8.33. The zero-order chi connectivity index (χ0) is 36.9. The number of esters is 2. The van der Waals surface area contributed by atoms with Gasteiger partial charge in [0.2, 0.25) is 0 Å². The second-order valence-corrected chi connectivity index (χ2v) is 17.9. The molecule has 4 bridgehead atoms. The third kappa shape index (κ3) is 6.74. The predicted molar refractivity (Wildman–Crippen MR) is 169 cm³/mol. The molecule has 7 rings (SSSR count). The van der Waals surface area contributed by atoms with Gasteiger partial charge in [0, 0.05) is 21.1 Å². The van der Waals surface area contributed by atoms with Crippen LogP contribution in [0.5, 0.6) is 0 Å². The van der Waals surface area contributed by atoms with Crippen molar-refractivity contribution in [2.24, 2.45) is 17.3 Å². The summed E-state index contributed by atoms with van der Waals surface area (Å²) >= 11 is 0. The molecule has 0 aromatic heterocycles. The van der Waals surface area contributed by atoms with Crippen LogP contribution in [0.1, 0.15) is 44.9 Å². The molecule has 2 unspecified atom stereocenters. The van der Waals surface area contributed by atoms with Crippen LogP contribution in [-0.4, -0.2) is 49.9 Å². The SMILES string of the molecule is O=C(OC12CC3CC(C1)CC(C(=O)OCCC(F)(F)C(F)(F)S(=O)(=O)OS(c1ccccc1)(c1ccccc1)c1ccccc1)(C3)C2)C(F)(F)F. The van der Waals surface area contributed by atoms with Crippen LogP contribution in [0.2, 0.25) is 0 Å². The topological polar surface area (TPSA) is 96.0 Å². The van der Waals surface area contributed by atoms with Gasteiger partial charge in [-0.15, -0.1) is 0 Å². The lowest BCUT2D eigenvalue weighted by atomic mass is 9.48. The summed E-state index contributed by atoms with van der Waals surface area (Å²) in [4.78, 5) is 25.5. The standard InChI is InChI=1S/C35H33F7O7S2/c36-33(37,16-17-47-29(43)31-19-24-18-25(20-31)22-32(21-24,23-31)48-30(44)34(38,39)40)35(41,42)51(45,46)49-50(26-10-4-1-5-11-26,27-12-6-2-7-13-27)28-14-8-3-9-15-28/h1-15,24-25H,16-23H2. The van der Waals surface area contributed by atoms with Crippen LogP contribution in [0.25, 0.3) is 0 Å². The van der Waals surface area contributed by atoms with E-state index >= 15 is 17.6 Å². The Morgan fingerprint density at radius 2 is 1.16 bits per heavy atom. The molecule has 0 amide bonds. The zero-order valence-electron chi connectivity index (χ0n) is 26.8. The molecule has 16 heteroatoms. The molecule has 0 N–H and O–H groups in total. The summed E-state index contributed by atoms with van der Waals surface area (Å²) in [7, 11) is -10.1. The first-order valence-corrected chi connectivity index (χ1v) is 19.0. The number of carbonyl (C=O) groups is 2. The molecule has 4 aliphatic carbocycles. The van der Waals surface area contributed by atoms with Gasteiger partial charge in [0.25, 0.3) is 0 Å². The Morgan fingerprint density at radius 3 is 1.59 bits per heavy atom. The minimum Gasteiger partial charge on any atom is -0.465 e. The van der Waals surface area contributed by atoms with Gasteiger partial charge in [-0.3, -0.25) is 4.79 Å². The number of benzene rings is 3. The zero-order valence-corrected chi connectivity index (χ0v) is 28.4. The first-order valence-electron chi connectivity index (χ1n) is 16.0. The average molecular weight is 763 g/mol. The molecule has 4 saturated carbocycles. The molecule has 51 heavy (non-hydrogen) atoms. The molecule has 0 heterocycles. The number of alkyl halides is 7. The average Bonchev–Trinajstić information content (AvgIpc) is 3.07. The van der Waals surface area contributed by atoms with E-state index in [9.17, 15) is 31.2 Å². The monoisotopic (exact) mass is 762 g/mol. The Kier molecular flexibility index (Phi) is 9.54. The van der Waals surface area contributed by atoms with E-state index in [1.54, 1.807) is 18.2 Å². The fourth-order valence-corrected chi connectivity index (χ4v) is 13.3. The van der Waals surface area contributed by atoms with E-state index in [4.69, 9.17) is 13.1 Å². The van der Waals surface area contributed by atoms with Gasteiger partial charge < -0.3 is 9.47 Å². The van der Waals surface area contributed by atoms with Gasteiger partial charge in [0.1, 0.15) is 5.60 Å². The Balaban J connectivity index is 1.23. The molecular formula is C35H33F7O7S2. The molecule has 3 aromatic rings. The summed E-state index contributed by atoms with van der Waals surface area (Å²) in [5.41, 5.74) is -3.09. The molecule has 0 saturated heterocycles. The van der Waals surface area contributed by atoms with Gasteiger partial charge in [0.15, 0.2) is 0 Å². The van der Waals surface area contributed by atoms with Crippen molar-refractivity contribution in [2.45, 2.75) is 82.6 Å². The van der Waals surface area contributed by atoms with Crippen LogP contribution in [0, 0.1) is 17.3 Å². The summed E-state index contributed by atoms with van der Waals surface area (Å²) < 4.78 is 144. The highest BCUT2D eigenvalue weighted by Gasteiger charge is 2.68. The fraction of sp³-hybridized carbons (Fsp3) is 0.429. The smallest absolute Gasteiger partial charge is 0.465 e. The number of ether oxygens (including phenoxy) is 2. The molecule has 276 valence electrons. The van der Waals surface area contributed by atoms with Gasteiger partial charge in [-0.25, -0.2) is 8.42 Å². The molecule has 0 radical (unpaired) electrons. The maximum absolute atomic E-state index is 15.7. The summed E-state index contributed by atoms with van der Waals surface area (Å²) in [5.74, 6) is -9.45. The van der Waals surface area contributed by atoms with Gasteiger partial charge in [-0.1, -0.05) is 54.6 Å². The van der Waals surface area contributed by atoms with E-state index in [1.165, 1.54) is 72.8 Å². The largest absolute Gasteiger partial charge is 0.490 e. The maximum Gasteiger partial charge on any atom is 0.490 e. The second-order valence-electron chi connectivity index (χ2n) is 13.4. The van der Waals surface area contributed by atoms with Crippen molar-refractivity contribution in [3.63, 3.8) is 0 Å². The summed E-state index contributed by atoms with van der Waals surface area (Å²) in [6, 6.07) is 22.6. The van der Waals surface area contributed by atoms with Crippen LogP contribution in [0.15, 0.2) is 106 Å². The Morgan fingerprint density at radius 1 is 0.706 bits per heavy atom. The molecule has 0 aliphatic heterocycles. The van der Waals surface area contributed by atoms with E-state index in [2.05, 4.69) is 0 Å². The normalized spacial score (nSPS) is 25.3. The van der Waals surface area contributed by atoms with Gasteiger partial charge in [-0.2, -0.15) is 39.2 Å². The van der Waals surface area contributed by atoms with Gasteiger partial charge in [-0.05, 0) is 90.6 Å². The molecule has 4 aliphatic rings. The summed E-state index contributed by atoms with van der Waals surface area (Å²) in [6.07, 6.45) is -6.55. The fourth-order valence-electron chi connectivity index (χ4n) is 8.08. The predicted octanol–water partition coefficient (Wildman–Crippen LogP) is 8.84. The summed E-state index contributed by atoms with van der Waals surface area (Å²) in [6.45, 7) is -1.34. The van der Waals surface area contributed by atoms with Crippen molar-refractivity contribution >= 4 is 32.4 Å². The van der Waals surface area contributed by atoms with Crippen molar-refractivity contribution in [3.05, 3.63) is 91.0 Å². The van der Waals surface area contributed by atoms with Crippen LogP contribution < -0.4 is 0 Å². The van der Waals surface area contributed by atoms with Crippen LogP contribution in [-0.2, 0) is 32.8 Å². The van der Waals surface area contributed by atoms with Crippen molar-refractivity contribution in [1.82, 2.24) is 0 Å². The maximum atomic E-state index is 15.7. The molecule has 4 fully saturated rings. The second kappa shape index (κ2) is 13.1. The molecule has 7 nitrogen and oxygen atoms in total. The van der Waals surface area contributed by atoms with E-state index < -0.39 is 73.8 Å². The lowest BCUT2D eigenvalue weighted by Gasteiger charge is -2.59. The minimum atomic E-state index is -6.47. The summed E-state index contributed by atoms with van der Waals surface area (Å²) in [5, 5.41) is -5.82. The number of rotatable bonds is 12. The molecule has 3 aromatic carbocycles. The first kappa shape index (κ1) is 37.1. The Labute approximate surface area is 291 Å². The van der Waals surface area contributed by atoms with Crippen LogP contribution >= 0.6 is 10.3 Å². The number of hydrogen-bond donors (Lipinski definition) is 0. The van der Waals surface area contributed by atoms with E-state index in [0.717, 1.165) is 0 Å². The van der Waals surface area contributed by atoms with E-state index in [-0.39, 0.29) is 58.6 Å². The number of carbonyl (C=O) groups excluding carboxylic acids is 2. The van der Waals surface area contributed by atoms with Gasteiger partial charge in [0.05, 0.1) is 18.4 Å². The van der Waals surface area contributed by atoms with E-state index in [1.807, 2.05) is 0 Å². The van der Waals surface area contributed by atoms with E-state index in [0.29, 0.717) is 6.42 Å². The van der Waals surface area contributed by atoms with Crippen molar-refractivity contribution < 1.29 is 61.8 Å². The third-order valence-electron chi connectivity index (χ3n) is 9.79. The van der Waals surface area contributed by atoms with Crippen LogP contribution in [0.3, 0.4) is 0 Å². The van der Waals surface area contributed by atoms with Crippen LogP contribution in [0.4, 0.5) is 30.7 Å². The minimum absolute atomic E-state index is 0.0843. The lowest BCUT2D eigenvalue weighted by molar-refractivity contribution is -0.241. The van der Waals surface area contributed by atoms with Crippen molar-refractivity contribution in [1.29, 1.82) is 0 Å². The highest BCUT2D eigenvalue weighted by atomic mass is 32.3. The first-order chi connectivity index (χ1) is 23.8. The van der Waals surface area contributed by atoms with Crippen molar-refractivity contribution in [2.75, 3.05) is 6.61 Å². The highest BCUT2D eigenvalue weighted by Crippen LogP contribution is 2.71. The Bertz CT molecular complexity index is 1750. The molecule has 2 atom stereocenters. The molecule has 0 spiro atoms. The number of halogens is 7.